The van der Waals surface area contributed by atoms with E-state index in [1.165, 1.54) is 14.2 Å². The summed E-state index contributed by atoms with van der Waals surface area (Å²) in [6, 6.07) is 8.45. The largest absolute Gasteiger partial charge is 0.469 e. The second-order valence-corrected chi connectivity index (χ2v) is 5.24. The molecule has 1 aromatic carbocycles. The van der Waals surface area contributed by atoms with E-state index in [0.717, 1.165) is 0 Å². The number of ether oxygens (including phenoxy) is 3. The van der Waals surface area contributed by atoms with Crippen LogP contribution in [0.2, 0.25) is 0 Å². The molecule has 0 spiro atoms. The Morgan fingerprint density at radius 2 is 1.91 bits per heavy atom. The number of carbonyl (C=O) groups is 2. The van der Waals surface area contributed by atoms with E-state index in [1.54, 1.807) is 31.2 Å². The van der Waals surface area contributed by atoms with Gasteiger partial charge in [-0.1, -0.05) is 18.2 Å². The van der Waals surface area contributed by atoms with Gasteiger partial charge < -0.3 is 19.5 Å². The Labute approximate surface area is 129 Å². The molecule has 1 heterocycles. The molecule has 2 rings (SSSR count). The van der Waals surface area contributed by atoms with Gasteiger partial charge in [-0.2, -0.15) is 0 Å². The second-order valence-electron chi connectivity index (χ2n) is 5.24. The highest BCUT2D eigenvalue weighted by atomic mass is 16.7. The molecule has 1 amide bonds. The van der Waals surface area contributed by atoms with E-state index in [0.29, 0.717) is 12.0 Å². The van der Waals surface area contributed by atoms with Crippen LogP contribution in [-0.2, 0) is 19.0 Å². The zero-order valence-electron chi connectivity index (χ0n) is 12.9. The Morgan fingerprint density at radius 1 is 1.23 bits per heavy atom. The zero-order valence-corrected chi connectivity index (χ0v) is 12.9. The van der Waals surface area contributed by atoms with Gasteiger partial charge in [-0.05, 0) is 19.1 Å². The van der Waals surface area contributed by atoms with Crippen LogP contribution in [0.5, 0.6) is 0 Å². The topological polar surface area (TPSA) is 73.9 Å². The van der Waals surface area contributed by atoms with Crippen LogP contribution in [0.3, 0.4) is 0 Å². The quantitative estimate of drug-likeness (QED) is 0.850. The number of hydrogen-bond acceptors (Lipinski definition) is 5. The molecule has 120 valence electrons. The normalized spacial score (nSPS) is 28.0. The Bertz CT molecular complexity index is 519. The molecule has 4 atom stereocenters. The van der Waals surface area contributed by atoms with Crippen LogP contribution in [0.25, 0.3) is 0 Å². The monoisotopic (exact) mass is 307 g/mol. The van der Waals surface area contributed by atoms with Crippen molar-refractivity contribution in [1.82, 2.24) is 5.32 Å². The zero-order chi connectivity index (χ0) is 16.1. The van der Waals surface area contributed by atoms with Gasteiger partial charge in [-0.15, -0.1) is 0 Å². The summed E-state index contributed by atoms with van der Waals surface area (Å²) in [4.78, 5) is 24.3. The first-order valence-electron chi connectivity index (χ1n) is 7.18. The molecule has 6 nitrogen and oxygen atoms in total. The van der Waals surface area contributed by atoms with Crippen molar-refractivity contribution in [3.63, 3.8) is 0 Å². The Kier molecular flexibility index (Phi) is 5.51. The molecule has 0 aromatic heterocycles. The molecule has 0 radical (unpaired) electrons. The molecule has 1 aliphatic rings. The molecule has 6 heteroatoms. The fourth-order valence-electron chi connectivity index (χ4n) is 2.69. The van der Waals surface area contributed by atoms with Crippen LogP contribution >= 0.6 is 0 Å². The van der Waals surface area contributed by atoms with E-state index in [2.05, 4.69) is 5.32 Å². The first-order valence-corrected chi connectivity index (χ1v) is 7.18. The highest BCUT2D eigenvalue weighted by Gasteiger charge is 2.42. The first kappa shape index (κ1) is 16.5. The van der Waals surface area contributed by atoms with Crippen molar-refractivity contribution in [1.29, 1.82) is 0 Å². The van der Waals surface area contributed by atoms with Gasteiger partial charge in [-0.3, -0.25) is 9.59 Å². The molecule has 1 N–H and O–H groups in total. The lowest BCUT2D eigenvalue weighted by Gasteiger charge is -2.38. The third kappa shape index (κ3) is 3.64. The van der Waals surface area contributed by atoms with Crippen LogP contribution < -0.4 is 5.32 Å². The van der Waals surface area contributed by atoms with Gasteiger partial charge in [-0.25, -0.2) is 0 Å². The molecular formula is C16H21NO5. The van der Waals surface area contributed by atoms with Gasteiger partial charge in [0.25, 0.3) is 5.91 Å². The molecule has 1 fully saturated rings. The minimum absolute atomic E-state index is 0.233. The summed E-state index contributed by atoms with van der Waals surface area (Å²) in [5, 5.41) is 2.90. The SMILES string of the molecule is COC(=O)[C@@H]1[C@@H](NC(=O)c2ccccc2)C[C@H](OC)O[C@H]1C. The van der Waals surface area contributed by atoms with Crippen LogP contribution in [0.4, 0.5) is 0 Å². The van der Waals surface area contributed by atoms with Crippen LogP contribution in [0.1, 0.15) is 23.7 Å². The summed E-state index contributed by atoms with van der Waals surface area (Å²) in [5.74, 6) is -1.20. The third-order valence-corrected chi connectivity index (χ3v) is 3.84. The number of nitrogens with one attached hydrogen (secondary N) is 1. The Balaban J connectivity index is 2.16. The standard InChI is InChI=1S/C16H21NO5/c1-10-14(16(19)21-3)12(9-13(20-2)22-10)17-15(18)11-7-5-4-6-8-11/h4-8,10,12-14H,9H2,1-3H3,(H,17,18)/t10-,12-,13+,14-/m0/s1. The average molecular weight is 307 g/mol. The first-order chi connectivity index (χ1) is 10.6. The van der Waals surface area contributed by atoms with Crippen LogP contribution in [0, 0.1) is 5.92 Å². The van der Waals surface area contributed by atoms with Gasteiger partial charge in [0.15, 0.2) is 6.29 Å². The summed E-state index contributed by atoms with van der Waals surface area (Å²) in [5.41, 5.74) is 0.541. The van der Waals surface area contributed by atoms with Gasteiger partial charge in [0.1, 0.15) is 5.92 Å². The summed E-state index contributed by atoms with van der Waals surface area (Å²) in [7, 11) is 2.86. The number of rotatable bonds is 4. The number of hydrogen-bond donors (Lipinski definition) is 1. The maximum absolute atomic E-state index is 12.3. The number of benzene rings is 1. The van der Waals surface area contributed by atoms with Crippen molar-refractivity contribution < 1.29 is 23.8 Å². The predicted molar refractivity (Wildman–Crippen MR) is 79.2 cm³/mol. The highest BCUT2D eigenvalue weighted by Crippen LogP contribution is 2.27. The molecule has 1 aliphatic heterocycles. The van der Waals surface area contributed by atoms with E-state index in [-0.39, 0.29) is 5.91 Å². The number of amides is 1. The van der Waals surface area contributed by atoms with Crippen molar-refractivity contribution in [2.45, 2.75) is 31.8 Å². The molecule has 0 bridgehead atoms. The Morgan fingerprint density at radius 3 is 2.50 bits per heavy atom. The lowest BCUT2D eigenvalue weighted by Crippen LogP contribution is -2.54. The molecule has 1 aromatic rings. The van der Waals surface area contributed by atoms with Crippen molar-refractivity contribution in [3.8, 4) is 0 Å². The molecular weight excluding hydrogens is 286 g/mol. The predicted octanol–water partition coefficient (Wildman–Crippen LogP) is 1.36. The van der Waals surface area contributed by atoms with Crippen molar-refractivity contribution >= 4 is 11.9 Å². The van der Waals surface area contributed by atoms with E-state index in [1.807, 2.05) is 6.07 Å². The van der Waals surface area contributed by atoms with Gasteiger partial charge in [0, 0.05) is 25.1 Å². The van der Waals surface area contributed by atoms with E-state index >= 15 is 0 Å². The third-order valence-electron chi connectivity index (χ3n) is 3.84. The summed E-state index contributed by atoms with van der Waals surface area (Å²) < 4.78 is 15.7. The fraction of sp³-hybridized carbons (Fsp3) is 0.500. The number of esters is 1. The maximum atomic E-state index is 12.3. The van der Waals surface area contributed by atoms with E-state index in [9.17, 15) is 9.59 Å². The van der Waals surface area contributed by atoms with Crippen molar-refractivity contribution in [2.75, 3.05) is 14.2 Å². The summed E-state index contributed by atoms with van der Waals surface area (Å²) in [6.45, 7) is 1.77. The summed E-state index contributed by atoms with van der Waals surface area (Å²) in [6.07, 6.45) is -0.483. The smallest absolute Gasteiger partial charge is 0.313 e. The minimum Gasteiger partial charge on any atom is -0.469 e. The summed E-state index contributed by atoms with van der Waals surface area (Å²) >= 11 is 0. The molecule has 22 heavy (non-hydrogen) atoms. The van der Waals surface area contributed by atoms with Gasteiger partial charge in [0.05, 0.1) is 13.2 Å². The molecule has 1 saturated heterocycles. The highest BCUT2D eigenvalue weighted by molar-refractivity contribution is 5.94. The van der Waals surface area contributed by atoms with Crippen molar-refractivity contribution in [2.24, 2.45) is 5.92 Å². The molecule has 0 aliphatic carbocycles. The fourth-order valence-corrected chi connectivity index (χ4v) is 2.69. The maximum Gasteiger partial charge on any atom is 0.313 e. The van der Waals surface area contributed by atoms with E-state index < -0.39 is 30.3 Å². The molecule has 0 unspecified atom stereocenters. The second kappa shape index (κ2) is 7.38. The van der Waals surface area contributed by atoms with Crippen molar-refractivity contribution in [3.05, 3.63) is 35.9 Å². The van der Waals surface area contributed by atoms with Gasteiger partial charge in [0.2, 0.25) is 0 Å². The number of carbonyl (C=O) groups excluding carboxylic acids is 2. The minimum atomic E-state index is -0.566. The lowest BCUT2D eigenvalue weighted by atomic mass is 9.89. The Hall–Kier alpha value is -1.92. The van der Waals surface area contributed by atoms with Crippen LogP contribution in [0.15, 0.2) is 30.3 Å². The van der Waals surface area contributed by atoms with Gasteiger partial charge >= 0.3 is 5.97 Å². The molecule has 0 saturated carbocycles. The van der Waals surface area contributed by atoms with Crippen LogP contribution in [-0.4, -0.2) is 44.5 Å². The average Bonchev–Trinajstić information content (AvgIpc) is 2.54. The van der Waals surface area contributed by atoms with E-state index in [4.69, 9.17) is 14.2 Å². The number of methoxy groups -OCH3 is 2. The lowest BCUT2D eigenvalue weighted by molar-refractivity contribution is -0.206.